The van der Waals surface area contributed by atoms with Crippen LogP contribution in [0.2, 0.25) is 0 Å². The van der Waals surface area contributed by atoms with Crippen molar-refractivity contribution in [1.82, 2.24) is 4.90 Å². The van der Waals surface area contributed by atoms with Gasteiger partial charge in [0.2, 0.25) is 5.91 Å². The van der Waals surface area contributed by atoms with E-state index in [1.54, 1.807) is 18.7 Å². The van der Waals surface area contributed by atoms with Crippen LogP contribution < -0.4 is 0 Å². The highest BCUT2D eigenvalue weighted by atomic mass is 16.5. The third-order valence-electron chi connectivity index (χ3n) is 4.16. The van der Waals surface area contributed by atoms with E-state index in [0.29, 0.717) is 6.42 Å². The molecule has 0 saturated carbocycles. The molecule has 1 aromatic carbocycles. The lowest BCUT2D eigenvalue weighted by Crippen LogP contribution is -2.51. The number of hydrogen-bond acceptors (Lipinski definition) is 4. The van der Waals surface area contributed by atoms with Crippen LogP contribution in [0.4, 0.5) is 0 Å². The van der Waals surface area contributed by atoms with E-state index >= 15 is 0 Å². The van der Waals surface area contributed by atoms with Crippen LogP contribution in [-0.4, -0.2) is 47.7 Å². The van der Waals surface area contributed by atoms with Gasteiger partial charge < -0.3 is 14.7 Å². The van der Waals surface area contributed by atoms with E-state index in [0.717, 1.165) is 12.8 Å². The van der Waals surface area contributed by atoms with E-state index in [1.165, 1.54) is 18.2 Å². The van der Waals surface area contributed by atoms with E-state index in [4.69, 9.17) is 0 Å². The second kappa shape index (κ2) is 9.42. The summed E-state index contributed by atoms with van der Waals surface area (Å²) in [7, 11) is 1.33. The number of aliphatic hydroxyl groups is 1. The summed E-state index contributed by atoms with van der Waals surface area (Å²) in [4.78, 5) is 25.5. The Kier molecular flexibility index (Phi) is 7.92. The van der Waals surface area contributed by atoms with Gasteiger partial charge in [-0.1, -0.05) is 29.8 Å². The zero-order chi connectivity index (χ0) is 18.2. The van der Waals surface area contributed by atoms with E-state index in [9.17, 15) is 14.7 Å². The highest BCUT2D eigenvalue weighted by molar-refractivity contribution is 5.78. The molecule has 0 saturated heterocycles. The fourth-order valence-electron chi connectivity index (χ4n) is 2.49. The van der Waals surface area contributed by atoms with Crippen molar-refractivity contribution in [3.63, 3.8) is 0 Å². The normalized spacial score (nSPS) is 11.2. The number of nitrogens with zero attached hydrogens (tertiary/aromatic N) is 1. The second-order valence-electron chi connectivity index (χ2n) is 6.68. The van der Waals surface area contributed by atoms with Gasteiger partial charge in [-0.25, -0.2) is 0 Å². The number of amides is 1. The van der Waals surface area contributed by atoms with Gasteiger partial charge in [0.1, 0.15) is 0 Å². The van der Waals surface area contributed by atoms with Crippen molar-refractivity contribution < 1.29 is 19.4 Å². The van der Waals surface area contributed by atoms with Crippen molar-refractivity contribution in [2.75, 3.05) is 20.3 Å². The molecule has 5 nitrogen and oxygen atoms in total. The molecule has 1 aromatic rings. The number of carbonyl (C=O) groups excluding carboxylic acids is 2. The number of carbonyl (C=O) groups is 2. The summed E-state index contributed by atoms with van der Waals surface area (Å²) in [6.07, 6.45) is 2.08. The van der Waals surface area contributed by atoms with E-state index in [1.807, 2.05) is 6.92 Å². The lowest BCUT2D eigenvalue weighted by Gasteiger charge is -2.37. The standard InChI is InChI=1S/C19H29NO4/c1-15-8-10-16(11-9-15)6-5-7-17(22)20(19(2,3)14-21)13-12-18(23)24-4/h8-11,21H,5-7,12-14H2,1-4H3. The van der Waals surface area contributed by atoms with Gasteiger partial charge in [-0.05, 0) is 39.2 Å². The average molecular weight is 335 g/mol. The fraction of sp³-hybridized carbons (Fsp3) is 0.579. The van der Waals surface area contributed by atoms with Gasteiger partial charge in [0, 0.05) is 13.0 Å². The molecular formula is C19H29NO4. The highest BCUT2D eigenvalue weighted by Crippen LogP contribution is 2.17. The third kappa shape index (κ3) is 6.32. The Bertz CT molecular complexity index is 537. The maximum Gasteiger partial charge on any atom is 0.307 e. The molecule has 24 heavy (non-hydrogen) atoms. The molecule has 0 aliphatic carbocycles. The number of aliphatic hydroxyl groups excluding tert-OH is 1. The van der Waals surface area contributed by atoms with Crippen LogP contribution in [0.5, 0.6) is 0 Å². The van der Waals surface area contributed by atoms with Crippen molar-refractivity contribution in [1.29, 1.82) is 0 Å². The molecule has 0 atom stereocenters. The molecule has 0 aromatic heterocycles. The Hall–Kier alpha value is -1.88. The van der Waals surface area contributed by atoms with E-state index < -0.39 is 5.54 Å². The minimum Gasteiger partial charge on any atom is -0.469 e. The molecule has 134 valence electrons. The number of rotatable bonds is 9. The predicted molar refractivity (Wildman–Crippen MR) is 93.6 cm³/mol. The van der Waals surface area contributed by atoms with Crippen molar-refractivity contribution in [3.05, 3.63) is 35.4 Å². The molecule has 0 aliphatic heterocycles. The van der Waals surface area contributed by atoms with Crippen LogP contribution in [0.25, 0.3) is 0 Å². The van der Waals surface area contributed by atoms with Crippen LogP contribution in [0.3, 0.4) is 0 Å². The maximum atomic E-state index is 12.6. The van der Waals surface area contributed by atoms with Gasteiger partial charge >= 0.3 is 5.97 Å². The van der Waals surface area contributed by atoms with Gasteiger partial charge in [0.05, 0.1) is 25.7 Å². The Labute approximate surface area is 144 Å². The Morgan fingerprint density at radius 2 is 1.79 bits per heavy atom. The molecule has 1 rings (SSSR count). The number of methoxy groups -OCH3 is 1. The van der Waals surface area contributed by atoms with Gasteiger partial charge in [-0.15, -0.1) is 0 Å². The lowest BCUT2D eigenvalue weighted by molar-refractivity contribution is -0.144. The van der Waals surface area contributed by atoms with Crippen molar-refractivity contribution in [2.24, 2.45) is 0 Å². The molecule has 0 radical (unpaired) electrons. The van der Waals surface area contributed by atoms with Gasteiger partial charge in [0.25, 0.3) is 0 Å². The lowest BCUT2D eigenvalue weighted by atomic mass is 10.0. The molecule has 0 unspecified atom stereocenters. The minimum absolute atomic E-state index is 0.0509. The smallest absolute Gasteiger partial charge is 0.307 e. The highest BCUT2D eigenvalue weighted by Gasteiger charge is 2.30. The topological polar surface area (TPSA) is 66.8 Å². The number of ether oxygens (including phenoxy) is 1. The Balaban J connectivity index is 2.59. The molecule has 0 heterocycles. The first-order chi connectivity index (χ1) is 11.3. The van der Waals surface area contributed by atoms with Gasteiger partial charge in [-0.2, -0.15) is 0 Å². The number of aryl methyl sites for hydroxylation is 2. The van der Waals surface area contributed by atoms with Crippen LogP contribution in [0, 0.1) is 6.92 Å². The zero-order valence-electron chi connectivity index (χ0n) is 15.2. The molecule has 0 spiro atoms. The Morgan fingerprint density at radius 3 is 2.33 bits per heavy atom. The first-order valence-electron chi connectivity index (χ1n) is 8.34. The molecule has 0 bridgehead atoms. The van der Waals surface area contributed by atoms with E-state index in [-0.39, 0.29) is 31.4 Å². The summed E-state index contributed by atoms with van der Waals surface area (Å²) < 4.78 is 4.64. The monoisotopic (exact) mass is 335 g/mol. The quantitative estimate of drug-likeness (QED) is 0.704. The summed E-state index contributed by atoms with van der Waals surface area (Å²) >= 11 is 0. The average Bonchev–Trinajstić information content (AvgIpc) is 2.56. The first kappa shape index (κ1) is 20.2. The number of benzene rings is 1. The summed E-state index contributed by atoms with van der Waals surface area (Å²) in [5.74, 6) is -0.411. The largest absolute Gasteiger partial charge is 0.469 e. The molecule has 1 N–H and O–H groups in total. The Morgan fingerprint density at radius 1 is 1.17 bits per heavy atom. The van der Waals surface area contributed by atoms with Gasteiger partial charge in [0.15, 0.2) is 0 Å². The number of esters is 1. The van der Waals surface area contributed by atoms with Crippen molar-refractivity contribution in [3.8, 4) is 0 Å². The number of hydrogen-bond donors (Lipinski definition) is 1. The van der Waals surface area contributed by atoms with Crippen LogP contribution in [0.15, 0.2) is 24.3 Å². The third-order valence-corrected chi connectivity index (χ3v) is 4.16. The first-order valence-corrected chi connectivity index (χ1v) is 8.34. The fourth-order valence-corrected chi connectivity index (χ4v) is 2.49. The predicted octanol–water partition coefficient (Wildman–Crippen LogP) is 2.48. The summed E-state index contributed by atoms with van der Waals surface area (Å²) in [6, 6.07) is 8.28. The summed E-state index contributed by atoms with van der Waals surface area (Å²) in [5, 5.41) is 9.56. The summed E-state index contributed by atoms with van der Waals surface area (Å²) in [6.45, 7) is 5.73. The van der Waals surface area contributed by atoms with E-state index in [2.05, 4.69) is 29.0 Å². The van der Waals surface area contributed by atoms with Crippen molar-refractivity contribution >= 4 is 11.9 Å². The van der Waals surface area contributed by atoms with Crippen LogP contribution in [0.1, 0.15) is 44.2 Å². The second-order valence-corrected chi connectivity index (χ2v) is 6.68. The van der Waals surface area contributed by atoms with Crippen LogP contribution in [-0.2, 0) is 20.7 Å². The van der Waals surface area contributed by atoms with Crippen molar-refractivity contribution in [2.45, 2.75) is 52.0 Å². The van der Waals surface area contributed by atoms with Crippen LogP contribution >= 0.6 is 0 Å². The maximum absolute atomic E-state index is 12.6. The molecule has 0 fully saturated rings. The summed E-state index contributed by atoms with van der Waals surface area (Å²) in [5.41, 5.74) is 1.72. The molecule has 5 heteroatoms. The van der Waals surface area contributed by atoms with Gasteiger partial charge in [-0.3, -0.25) is 9.59 Å². The molecule has 0 aliphatic rings. The zero-order valence-corrected chi connectivity index (χ0v) is 15.2. The minimum atomic E-state index is -0.699. The molecule has 1 amide bonds. The molecular weight excluding hydrogens is 306 g/mol. The SMILES string of the molecule is COC(=O)CCN(C(=O)CCCc1ccc(C)cc1)C(C)(C)CO.